The number of halogens is 1. The molecule has 0 aliphatic carbocycles. The zero-order valence-corrected chi connectivity index (χ0v) is 12.6. The van der Waals surface area contributed by atoms with E-state index < -0.39 is 23.9 Å². The van der Waals surface area contributed by atoms with Crippen molar-refractivity contribution in [3.63, 3.8) is 0 Å². The van der Waals surface area contributed by atoms with Gasteiger partial charge in [-0.2, -0.15) is 0 Å². The Balaban J connectivity index is 2.70. The third kappa shape index (κ3) is 4.37. The summed E-state index contributed by atoms with van der Waals surface area (Å²) >= 11 is 3.23. The average molecular weight is 347 g/mol. The Morgan fingerprint density at radius 3 is 2.60 bits per heavy atom. The second-order valence-electron chi connectivity index (χ2n) is 4.13. The molecule has 1 amide bonds. The lowest BCUT2D eigenvalue weighted by Gasteiger charge is -2.14. The van der Waals surface area contributed by atoms with Crippen LogP contribution in [-0.4, -0.2) is 40.7 Å². The van der Waals surface area contributed by atoms with E-state index in [-0.39, 0.29) is 12.8 Å². The third-order valence-corrected chi connectivity index (χ3v) is 3.11. The highest BCUT2D eigenvalue weighted by Crippen LogP contribution is 2.14. The first-order chi connectivity index (χ1) is 9.35. The second kappa shape index (κ2) is 7.09. The lowest BCUT2D eigenvalue weighted by molar-refractivity contribution is -0.142. The number of rotatable bonds is 6. The van der Waals surface area contributed by atoms with E-state index in [1.54, 1.807) is 23.9 Å². The molecule has 0 saturated carbocycles. The highest BCUT2D eigenvalue weighted by atomic mass is 79.9. The maximum absolute atomic E-state index is 12.0. The van der Waals surface area contributed by atoms with Gasteiger partial charge in [0.05, 0.1) is 7.11 Å². The number of aromatic nitrogens is 1. The summed E-state index contributed by atoms with van der Waals surface area (Å²) in [6, 6.07) is 0.435. The molecule has 0 aliphatic rings. The van der Waals surface area contributed by atoms with E-state index in [1.165, 1.54) is 7.11 Å². The fourth-order valence-corrected chi connectivity index (χ4v) is 2.13. The van der Waals surface area contributed by atoms with Crippen LogP contribution in [-0.2, 0) is 21.4 Å². The Morgan fingerprint density at radius 2 is 2.15 bits per heavy atom. The van der Waals surface area contributed by atoms with Crippen LogP contribution in [0.25, 0.3) is 0 Å². The Hall–Kier alpha value is -1.83. The van der Waals surface area contributed by atoms with E-state index >= 15 is 0 Å². The summed E-state index contributed by atoms with van der Waals surface area (Å²) in [5.74, 6) is -2.24. The van der Waals surface area contributed by atoms with Crippen molar-refractivity contribution in [2.75, 3.05) is 7.11 Å². The number of nitrogens with zero attached hydrogens (tertiary/aromatic N) is 1. The minimum absolute atomic E-state index is 0.0284. The number of esters is 1. The van der Waals surface area contributed by atoms with Crippen LogP contribution in [0.15, 0.2) is 16.7 Å². The number of nitrogens with one attached hydrogen (secondary N) is 1. The van der Waals surface area contributed by atoms with Crippen molar-refractivity contribution in [3.05, 3.63) is 22.4 Å². The first-order valence-electron chi connectivity index (χ1n) is 5.77. The van der Waals surface area contributed by atoms with Gasteiger partial charge in [-0.15, -0.1) is 0 Å². The number of carbonyl (C=O) groups is 3. The van der Waals surface area contributed by atoms with Crippen molar-refractivity contribution in [2.24, 2.45) is 7.05 Å². The summed E-state index contributed by atoms with van der Waals surface area (Å²) in [7, 11) is 2.89. The van der Waals surface area contributed by atoms with Gasteiger partial charge in [-0.1, -0.05) is 0 Å². The first kappa shape index (κ1) is 16.2. The minimum atomic E-state index is -1.20. The van der Waals surface area contributed by atoms with Gasteiger partial charge in [-0.25, -0.2) is 4.79 Å². The Bertz CT molecular complexity index is 526. The molecule has 0 bridgehead atoms. The average Bonchev–Trinajstić information content (AvgIpc) is 2.72. The Kier molecular flexibility index (Phi) is 5.75. The molecule has 1 heterocycles. The summed E-state index contributed by atoms with van der Waals surface area (Å²) in [5, 5.41) is 11.4. The number of aliphatic carboxylic acids is 1. The van der Waals surface area contributed by atoms with Crippen molar-refractivity contribution >= 4 is 33.8 Å². The summed E-state index contributed by atoms with van der Waals surface area (Å²) in [6.45, 7) is 0. The summed E-state index contributed by atoms with van der Waals surface area (Å²) < 4.78 is 6.72. The van der Waals surface area contributed by atoms with Crippen LogP contribution in [0.5, 0.6) is 0 Å². The van der Waals surface area contributed by atoms with Gasteiger partial charge in [-0.3, -0.25) is 9.59 Å². The molecule has 1 atom stereocenters. The molecule has 20 heavy (non-hydrogen) atoms. The molecule has 0 saturated heterocycles. The van der Waals surface area contributed by atoms with Crippen LogP contribution in [0, 0.1) is 0 Å². The van der Waals surface area contributed by atoms with Gasteiger partial charge in [-0.05, 0) is 28.4 Å². The molecule has 0 aliphatic heterocycles. The van der Waals surface area contributed by atoms with Crippen molar-refractivity contribution in [1.29, 1.82) is 0 Å². The van der Waals surface area contributed by atoms with Crippen LogP contribution in [0.2, 0.25) is 0 Å². The lowest BCUT2D eigenvalue weighted by Crippen LogP contribution is -2.41. The van der Waals surface area contributed by atoms with Gasteiger partial charge < -0.3 is 19.7 Å². The predicted molar refractivity (Wildman–Crippen MR) is 73.3 cm³/mol. The molecule has 110 valence electrons. The van der Waals surface area contributed by atoms with Gasteiger partial charge >= 0.3 is 11.9 Å². The largest absolute Gasteiger partial charge is 0.480 e. The highest BCUT2D eigenvalue weighted by molar-refractivity contribution is 9.10. The molecule has 1 unspecified atom stereocenters. The number of methoxy groups -OCH3 is 1. The monoisotopic (exact) mass is 346 g/mol. The molecule has 8 heteroatoms. The molecule has 7 nitrogen and oxygen atoms in total. The molecule has 2 N–H and O–H groups in total. The number of ether oxygens (including phenoxy) is 1. The number of carboxylic acid groups (broad SMARTS) is 1. The first-order valence-corrected chi connectivity index (χ1v) is 6.56. The maximum Gasteiger partial charge on any atom is 0.326 e. The van der Waals surface area contributed by atoms with Crippen molar-refractivity contribution in [2.45, 2.75) is 18.9 Å². The quantitative estimate of drug-likeness (QED) is 0.746. The summed E-state index contributed by atoms with van der Waals surface area (Å²) in [4.78, 5) is 34.1. The van der Waals surface area contributed by atoms with Gasteiger partial charge in [0.2, 0.25) is 0 Å². The molecular formula is C12H15BrN2O5. The van der Waals surface area contributed by atoms with Crippen LogP contribution in [0.4, 0.5) is 0 Å². The topological polar surface area (TPSA) is 97.6 Å². The van der Waals surface area contributed by atoms with Gasteiger partial charge in [0.15, 0.2) is 0 Å². The van der Waals surface area contributed by atoms with Gasteiger partial charge in [0, 0.05) is 24.1 Å². The van der Waals surface area contributed by atoms with Gasteiger partial charge in [0.1, 0.15) is 11.7 Å². The Labute approximate surface area is 124 Å². The van der Waals surface area contributed by atoms with Crippen molar-refractivity contribution < 1.29 is 24.2 Å². The van der Waals surface area contributed by atoms with Crippen LogP contribution in [0.1, 0.15) is 23.3 Å². The van der Waals surface area contributed by atoms with Crippen molar-refractivity contribution in [1.82, 2.24) is 9.88 Å². The van der Waals surface area contributed by atoms with E-state index in [9.17, 15) is 14.4 Å². The fraction of sp³-hybridized carbons (Fsp3) is 0.417. The SMILES string of the molecule is COC(=O)CCC(NC(=O)c1cc(Br)cn1C)C(=O)O. The third-order valence-electron chi connectivity index (χ3n) is 2.67. The molecule has 1 rings (SSSR count). The number of aryl methyl sites for hydroxylation is 1. The van der Waals surface area contributed by atoms with E-state index in [0.29, 0.717) is 10.2 Å². The van der Waals surface area contributed by atoms with E-state index in [2.05, 4.69) is 26.0 Å². The van der Waals surface area contributed by atoms with E-state index in [1.807, 2.05) is 0 Å². The number of carbonyl (C=O) groups excluding carboxylic acids is 2. The zero-order chi connectivity index (χ0) is 15.3. The van der Waals surface area contributed by atoms with Gasteiger partial charge in [0.25, 0.3) is 5.91 Å². The van der Waals surface area contributed by atoms with Crippen LogP contribution in [0.3, 0.4) is 0 Å². The Morgan fingerprint density at radius 1 is 1.50 bits per heavy atom. The fourth-order valence-electron chi connectivity index (χ4n) is 1.60. The second-order valence-corrected chi connectivity index (χ2v) is 5.05. The van der Waals surface area contributed by atoms with Crippen molar-refractivity contribution in [3.8, 4) is 0 Å². The normalized spacial score (nSPS) is 11.8. The predicted octanol–water partition coefficient (Wildman–Crippen LogP) is 0.924. The number of carboxylic acids is 1. The molecule has 1 aromatic rings. The number of hydrogen-bond donors (Lipinski definition) is 2. The highest BCUT2D eigenvalue weighted by Gasteiger charge is 2.23. The smallest absolute Gasteiger partial charge is 0.326 e. The lowest BCUT2D eigenvalue weighted by atomic mass is 10.1. The van der Waals surface area contributed by atoms with E-state index in [0.717, 1.165) is 0 Å². The standard InChI is InChI=1S/C12H15BrN2O5/c1-15-6-7(13)5-9(15)11(17)14-8(12(18)19)3-4-10(16)20-2/h5-6,8H,3-4H2,1-2H3,(H,14,17)(H,18,19). The molecule has 0 fully saturated rings. The molecular weight excluding hydrogens is 332 g/mol. The molecule has 0 spiro atoms. The van der Waals surface area contributed by atoms with Crippen LogP contribution >= 0.6 is 15.9 Å². The molecule has 0 radical (unpaired) electrons. The number of hydrogen-bond acceptors (Lipinski definition) is 4. The molecule has 1 aromatic heterocycles. The van der Waals surface area contributed by atoms with E-state index in [4.69, 9.17) is 5.11 Å². The minimum Gasteiger partial charge on any atom is -0.480 e. The summed E-state index contributed by atoms with van der Waals surface area (Å²) in [6.07, 6.45) is 1.57. The number of amides is 1. The maximum atomic E-state index is 12.0. The molecule has 0 aromatic carbocycles. The summed E-state index contributed by atoms with van der Waals surface area (Å²) in [5.41, 5.74) is 0.321. The van der Waals surface area contributed by atoms with Crippen LogP contribution < -0.4 is 5.32 Å². The zero-order valence-electron chi connectivity index (χ0n) is 11.1.